The van der Waals surface area contributed by atoms with Gasteiger partial charge in [0.2, 0.25) is 11.8 Å². The van der Waals surface area contributed by atoms with Gasteiger partial charge in [-0.25, -0.2) is 24.0 Å². The maximum absolute atomic E-state index is 13.9. The summed E-state index contributed by atoms with van der Waals surface area (Å²) in [6, 6.07) is 20.9. The first-order chi connectivity index (χ1) is 41.0. The van der Waals surface area contributed by atoms with Gasteiger partial charge in [0.05, 0.1) is 40.4 Å². The highest BCUT2D eigenvalue weighted by molar-refractivity contribution is 6.04. The first kappa shape index (κ1) is 61.9. The summed E-state index contributed by atoms with van der Waals surface area (Å²) in [6.07, 6.45) is 4.19. The van der Waals surface area contributed by atoms with Crippen molar-refractivity contribution in [2.75, 3.05) is 87.2 Å². The van der Waals surface area contributed by atoms with Crippen LogP contribution >= 0.6 is 0 Å². The molecule has 0 atom stereocenters. The molecular weight excluding hydrogens is 1100 g/mol. The lowest BCUT2D eigenvalue weighted by molar-refractivity contribution is -0.134. The normalized spacial score (nSPS) is 15.3. The summed E-state index contributed by atoms with van der Waals surface area (Å²) in [5.41, 5.74) is 13.5. The predicted octanol–water partition coefficient (Wildman–Crippen LogP) is 6.37. The van der Waals surface area contributed by atoms with Crippen molar-refractivity contribution in [3.63, 3.8) is 0 Å². The van der Waals surface area contributed by atoms with Gasteiger partial charge in [-0.2, -0.15) is 15.0 Å². The summed E-state index contributed by atoms with van der Waals surface area (Å²) in [5.74, 6) is -0.734. The Balaban J connectivity index is 0.000000339. The van der Waals surface area contributed by atoms with Crippen LogP contribution in [0.3, 0.4) is 0 Å². The molecule has 6 heterocycles. The number of nitrogens with zero attached hydrogens (tertiary/aromatic N) is 10. The third kappa shape index (κ3) is 18.4. The number of ether oxygens (including phenoxy) is 3. The minimum absolute atomic E-state index is 0.0113. The number of aromatic nitrogens is 6. The fourth-order valence-electron chi connectivity index (χ4n) is 10.0. The first-order valence-electron chi connectivity index (χ1n) is 28.1. The zero-order chi connectivity index (χ0) is 60.2. The smallest absolute Gasteiger partial charge is 0.422 e. The third-order valence-corrected chi connectivity index (χ3v) is 14.6. The summed E-state index contributed by atoms with van der Waals surface area (Å²) < 4.78 is 31.8. The van der Waals surface area contributed by atoms with Gasteiger partial charge in [-0.05, 0) is 153 Å². The van der Waals surface area contributed by atoms with Gasteiger partial charge in [-0.3, -0.25) is 24.7 Å². The molecule has 3 aliphatic rings. The SMILES string of the molecule is Cc1noc(-c2ccccc2N(CC2CCN(CCC(N)=O)CC2)C(=O)OC(=O)/C=C\C(=O)OC(=O)N(CC2CCN(CCC(N)=O)CC2)c2ccccc2-c2nc(C)no2)n1.Cc1noc(-c2ccccc2NC(=O)OCC2CCNCC2)n1. The van der Waals surface area contributed by atoms with Crippen molar-refractivity contribution in [2.24, 2.45) is 29.2 Å². The van der Waals surface area contributed by atoms with E-state index in [1.54, 1.807) is 75.4 Å². The minimum Gasteiger partial charge on any atom is -0.449 e. The molecule has 6 N–H and O–H groups in total. The van der Waals surface area contributed by atoms with E-state index < -0.39 is 30.2 Å². The molecule has 0 spiro atoms. The number of benzene rings is 3. The van der Waals surface area contributed by atoms with Crippen LogP contribution in [0, 0.1) is 38.5 Å². The minimum atomic E-state index is -1.19. The summed E-state index contributed by atoms with van der Waals surface area (Å²) in [5, 5.41) is 17.6. The number of primary amides is 2. The number of hydrogen-bond acceptors (Lipinski definition) is 22. The van der Waals surface area contributed by atoms with Crippen molar-refractivity contribution >= 4 is 59.1 Å². The molecule has 6 aromatic rings. The Morgan fingerprint density at radius 3 is 1.39 bits per heavy atom. The second-order valence-electron chi connectivity index (χ2n) is 20.9. The summed E-state index contributed by atoms with van der Waals surface area (Å²) in [6.45, 7) is 11.5. The van der Waals surface area contributed by atoms with E-state index in [9.17, 15) is 33.6 Å². The molecule has 3 saturated heterocycles. The number of para-hydroxylation sites is 3. The van der Waals surface area contributed by atoms with E-state index in [0.29, 0.717) is 147 Å². The highest BCUT2D eigenvalue weighted by Crippen LogP contribution is 2.35. The Morgan fingerprint density at radius 2 is 0.976 bits per heavy atom. The zero-order valence-electron chi connectivity index (χ0n) is 47.7. The number of anilines is 3. The number of esters is 2. The predicted molar refractivity (Wildman–Crippen MR) is 307 cm³/mol. The van der Waals surface area contributed by atoms with Crippen LogP contribution in [0.5, 0.6) is 0 Å². The van der Waals surface area contributed by atoms with Crippen LogP contribution in [0.4, 0.5) is 31.4 Å². The molecule has 450 valence electrons. The second-order valence-corrected chi connectivity index (χ2v) is 20.9. The molecule has 27 nitrogen and oxygen atoms in total. The Labute approximate surface area is 489 Å². The van der Waals surface area contributed by atoms with E-state index in [4.69, 9.17) is 39.2 Å². The Kier molecular flexibility index (Phi) is 22.1. The Morgan fingerprint density at radius 1 is 0.576 bits per heavy atom. The van der Waals surface area contributed by atoms with Gasteiger partial charge in [0.25, 0.3) is 17.7 Å². The lowest BCUT2D eigenvalue weighted by Crippen LogP contribution is -2.42. The van der Waals surface area contributed by atoms with E-state index in [-0.39, 0.29) is 61.4 Å². The zero-order valence-corrected chi connectivity index (χ0v) is 47.7. The molecule has 3 aliphatic heterocycles. The number of carbonyl (C=O) groups is 7. The van der Waals surface area contributed by atoms with Crippen molar-refractivity contribution in [1.82, 2.24) is 45.5 Å². The fraction of sp³-hybridized carbons (Fsp3) is 0.431. The van der Waals surface area contributed by atoms with E-state index in [1.807, 2.05) is 18.2 Å². The highest BCUT2D eigenvalue weighted by Gasteiger charge is 2.32. The number of hydrogen-bond donors (Lipinski definition) is 4. The molecule has 0 unspecified atom stereocenters. The number of carbonyl (C=O) groups excluding carboxylic acids is 7. The monoisotopic (exact) mass is 1170 g/mol. The van der Waals surface area contributed by atoms with Crippen LogP contribution in [0.25, 0.3) is 34.4 Å². The van der Waals surface area contributed by atoms with Crippen molar-refractivity contribution in [3.8, 4) is 34.4 Å². The van der Waals surface area contributed by atoms with Gasteiger partial charge in [-0.1, -0.05) is 51.9 Å². The second kappa shape index (κ2) is 30.4. The number of nitrogens with one attached hydrogen (secondary N) is 2. The van der Waals surface area contributed by atoms with Crippen LogP contribution in [0.2, 0.25) is 0 Å². The quantitative estimate of drug-likeness (QED) is 0.0279. The lowest BCUT2D eigenvalue weighted by Gasteiger charge is -2.34. The average Bonchev–Trinajstić information content (AvgIpc) is 4.47. The summed E-state index contributed by atoms with van der Waals surface area (Å²) in [4.78, 5) is 108. The third-order valence-electron chi connectivity index (χ3n) is 14.6. The van der Waals surface area contributed by atoms with E-state index in [0.717, 1.165) is 25.9 Å². The number of aryl methyl sites for hydroxylation is 3. The summed E-state index contributed by atoms with van der Waals surface area (Å²) >= 11 is 0. The molecule has 27 heteroatoms. The molecule has 3 aromatic heterocycles. The molecule has 85 heavy (non-hydrogen) atoms. The molecule has 0 radical (unpaired) electrons. The van der Waals surface area contributed by atoms with Gasteiger partial charge >= 0.3 is 30.2 Å². The van der Waals surface area contributed by atoms with E-state index in [2.05, 4.69) is 50.9 Å². The first-order valence-corrected chi connectivity index (χ1v) is 28.1. The molecule has 9 rings (SSSR count). The van der Waals surface area contributed by atoms with Crippen molar-refractivity contribution < 1.29 is 61.3 Å². The van der Waals surface area contributed by atoms with Gasteiger partial charge in [0.15, 0.2) is 17.5 Å². The van der Waals surface area contributed by atoms with Crippen molar-refractivity contribution in [2.45, 2.75) is 72.1 Å². The maximum Gasteiger partial charge on any atom is 0.422 e. The molecule has 5 amide bonds. The molecule has 0 saturated carbocycles. The largest absolute Gasteiger partial charge is 0.449 e. The number of likely N-dealkylation sites (tertiary alicyclic amines) is 2. The average molecular weight is 1170 g/mol. The molecule has 3 aromatic carbocycles. The van der Waals surface area contributed by atoms with Crippen molar-refractivity contribution in [1.29, 1.82) is 0 Å². The Hall–Kier alpha value is -9.21. The van der Waals surface area contributed by atoms with Crippen molar-refractivity contribution in [3.05, 3.63) is 102 Å². The van der Waals surface area contributed by atoms with Crippen LogP contribution in [-0.2, 0) is 33.4 Å². The highest BCUT2D eigenvalue weighted by atomic mass is 16.6. The van der Waals surface area contributed by atoms with Crippen LogP contribution in [0.1, 0.15) is 68.8 Å². The van der Waals surface area contributed by atoms with Crippen LogP contribution in [0.15, 0.2) is 98.5 Å². The maximum atomic E-state index is 13.9. The standard InChI is InChI=1S/C42H50N10O10.C16H20N4O3/c1-27-45-39(61-47-27)31-7-3-5-9-33(31)51(25-29-13-19-49(20-14-29)23-17-35(43)53)41(57)59-37(55)11-12-38(56)60-42(58)52(26-30-15-21-50(22-16-30)24-18-36(44)54)34-10-6-4-8-32(34)40-46-28(2)48-62-40;1-11-18-15(23-20-11)13-4-2-3-5-14(13)19-16(21)22-10-12-6-8-17-9-7-12/h3-12,29-30H,13-26H2,1-2H3,(H2,43,53)(H2,44,54);2-5,12,17H,6-10H2,1H3,(H,19,21)/b12-11-;. The van der Waals surface area contributed by atoms with Gasteiger partial charge in [-0.15, -0.1) is 0 Å². The van der Waals surface area contributed by atoms with Crippen LogP contribution in [-0.4, -0.2) is 154 Å². The lowest BCUT2D eigenvalue weighted by atomic mass is 9.95. The Bertz CT molecular complexity index is 3130. The number of nitrogens with two attached hydrogens (primary N) is 2. The molecule has 3 fully saturated rings. The fourth-order valence-corrected chi connectivity index (χ4v) is 10.0. The molecule has 0 aliphatic carbocycles. The van der Waals surface area contributed by atoms with E-state index >= 15 is 0 Å². The van der Waals surface area contributed by atoms with Gasteiger partial charge in [0.1, 0.15) is 0 Å². The van der Waals surface area contributed by atoms with Crippen LogP contribution < -0.4 is 31.9 Å². The number of piperidine rings is 3. The van der Waals surface area contributed by atoms with E-state index in [1.165, 1.54) is 9.80 Å². The van der Waals surface area contributed by atoms with Gasteiger partial charge in [0, 0.05) is 51.2 Å². The molecular formula is C58H70N14O13. The molecule has 0 bridgehead atoms. The summed E-state index contributed by atoms with van der Waals surface area (Å²) in [7, 11) is 0. The number of rotatable bonds is 20. The topological polar surface area (TPSA) is 353 Å². The van der Waals surface area contributed by atoms with Gasteiger partial charge < -0.3 is 54.4 Å². The number of amides is 5.